The minimum Gasteiger partial charge on any atom is -0.392 e. The molecule has 0 radical (unpaired) electrons. The SMILES string of the molecule is C=C(CO)C1CCN(C(C)C)C1. The molecule has 1 atom stereocenters. The molecule has 12 heavy (non-hydrogen) atoms. The molecule has 0 amide bonds. The maximum Gasteiger partial charge on any atom is 0.0642 e. The van der Waals surface area contributed by atoms with Crippen molar-refractivity contribution in [3.05, 3.63) is 12.2 Å². The van der Waals surface area contributed by atoms with Gasteiger partial charge in [0.05, 0.1) is 6.61 Å². The second-order valence-corrected chi connectivity index (χ2v) is 3.89. The summed E-state index contributed by atoms with van der Waals surface area (Å²) in [5.74, 6) is 0.525. The zero-order valence-corrected chi connectivity index (χ0v) is 8.08. The van der Waals surface area contributed by atoms with E-state index >= 15 is 0 Å². The molecule has 1 saturated heterocycles. The zero-order valence-electron chi connectivity index (χ0n) is 8.08. The van der Waals surface area contributed by atoms with Gasteiger partial charge in [-0.15, -0.1) is 0 Å². The van der Waals surface area contributed by atoms with Crippen LogP contribution in [0.25, 0.3) is 0 Å². The molecule has 2 nitrogen and oxygen atoms in total. The number of likely N-dealkylation sites (tertiary alicyclic amines) is 1. The van der Waals surface area contributed by atoms with Crippen molar-refractivity contribution in [1.82, 2.24) is 4.90 Å². The summed E-state index contributed by atoms with van der Waals surface area (Å²) in [6.45, 7) is 10.7. The van der Waals surface area contributed by atoms with Crippen molar-refractivity contribution < 1.29 is 5.11 Å². The Morgan fingerprint density at radius 1 is 1.67 bits per heavy atom. The highest BCUT2D eigenvalue weighted by molar-refractivity contribution is 5.04. The van der Waals surface area contributed by atoms with E-state index < -0.39 is 0 Å². The van der Waals surface area contributed by atoms with E-state index in [-0.39, 0.29) is 6.61 Å². The van der Waals surface area contributed by atoms with E-state index in [1.165, 1.54) is 0 Å². The molecular weight excluding hydrogens is 150 g/mol. The number of aliphatic hydroxyl groups is 1. The van der Waals surface area contributed by atoms with Crippen molar-refractivity contribution >= 4 is 0 Å². The molecule has 0 aromatic rings. The van der Waals surface area contributed by atoms with E-state index in [0.717, 1.165) is 25.1 Å². The second kappa shape index (κ2) is 4.06. The Bertz CT molecular complexity index is 165. The summed E-state index contributed by atoms with van der Waals surface area (Å²) in [5.41, 5.74) is 0.998. The third-order valence-corrected chi connectivity index (χ3v) is 2.73. The van der Waals surface area contributed by atoms with E-state index in [4.69, 9.17) is 5.11 Å². The molecule has 2 heteroatoms. The lowest BCUT2D eigenvalue weighted by atomic mass is 10.0. The Balaban J connectivity index is 2.40. The van der Waals surface area contributed by atoms with Crippen LogP contribution in [0.1, 0.15) is 20.3 Å². The normalized spacial score (nSPS) is 25.2. The van der Waals surface area contributed by atoms with E-state index in [9.17, 15) is 0 Å². The minimum absolute atomic E-state index is 0.149. The number of aliphatic hydroxyl groups excluding tert-OH is 1. The Morgan fingerprint density at radius 3 is 2.75 bits per heavy atom. The molecule has 0 aliphatic carbocycles. The maximum atomic E-state index is 8.90. The molecule has 1 N–H and O–H groups in total. The molecule has 1 aliphatic heterocycles. The first-order valence-corrected chi connectivity index (χ1v) is 4.67. The molecule has 0 bridgehead atoms. The summed E-state index contributed by atoms with van der Waals surface area (Å²) in [6, 6.07) is 0.626. The van der Waals surface area contributed by atoms with Gasteiger partial charge >= 0.3 is 0 Å². The summed E-state index contributed by atoms with van der Waals surface area (Å²) >= 11 is 0. The van der Waals surface area contributed by atoms with Gasteiger partial charge in [-0.3, -0.25) is 0 Å². The highest BCUT2D eigenvalue weighted by atomic mass is 16.3. The van der Waals surface area contributed by atoms with Crippen LogP contribution in [0.2, 0.25) is 0 Å². The van der Waals surface area contributed by atoms with Crippen LogP contribution >= 0.6 is 0 Å². The van der Waals surface area contributed by atoms with Crippen LogP contribution in [0.3, 0.4) is 0 Å². The summed E-state index contributed by atoms with van der Waals surface area (Å²) in [4.78, 5) is 2.44. The summed E-state index contributed by atoms with van der Waals surface area (Å²) in [5, 5.41) is 8.90. The Kier molecular flexibility index (Phi) is 3.29. The smallest absolute Gasteiger partial charge is 0.0642 e. The van der Waals surface area contributed by atoms with Crippen LogP contribution < -0.4 is 0 Å². The van der Waals surface area contributed by atoms with E-state index in [1.54, 1.807) is 0 Å². The van der Waals surface area contributed by atoms with Crippen LogP contribution in [0.4, 0.5) is 0 Å². The van der Waals surface area contributed by atoms with E-state index in [2.05, 4.69) is 25.3 Å². The Labute approximate surface area is 74.9 Å². The van der Waals surface area contributed by atoms with Crippen molar-refractivity contribution in [2.45, 2.75) is 26.3 Å². The quantitative estimate of drug-likeness (QED) is 0.643. The average Bonchev–Trinajstić information content (AvgIpc) is 2.51. The monoisotopic (exact) mass is 169 g/mol. The minimum atomic E-state index is 0.149. The second-order valence-electron chi connectivity index (χ2n) is 3.89. The first kappa shape index (κ1) is 9.75. The fourth-order valence-corrected chi connectivity index (χ4v) is 1.72. The molecule has 1 aliphatic rings. The third-order valence-electron chi connectivity index (χ3n) is 2.73. The van der Waals surface area contributed by atoms with Gasteiger partial charge < -0.3 is 10.0 Å². The molecule has 1 heterocycles. The lowest BCUT2D eigenvalue weighted by Gasteiger charge is -2.20. The van der Waals surface area contributed by atoms with Crippen LogP contribution in [-0.2, 0) is 0 Å². The van der Waals surface area contributed by atoms with Crippen LogP contribution in [-0.4, -0.2) is 35.7 Å². The van der Waals surface area contributed by atoms with Crippen LogP contribution in [0, 0.1) is 5.92 Å². The fraction of sp³-hybridized carbons (Fsp3) is 0.800. The Hall–Kier alpha value is -0.340. The molecule has 0 spiro atoms. The topological polar surface area (TPSA) is 23.5 Å². The van der Waals surface area contributed by atoms with Gasteiger partial charge in [-0.25, -0.2) is 0 Å². The number of hydrogen-bond donors (Lipinski definition) is 1. The van der Waals surface area contributed by atoms with Gasteiger partial charge in [0, 0.05) is 12.6 Å². The molecule has 1 fully saturated rings. The standard InChI is InChI=1S/C10H19NO/c1-8(2)11-5-4-10(6-11)9(3)7-12/h8,10,12H,3-7H2,1-2H3. The predicted molar refractivity (Wildman–Crippen MR) is 51.0 cm³/mol. The molecular formula is C10H19NO. The molecule has 0 aromatic carbocycles. The number of nitrogens with zero attached hydrogens (tertiary/aromatic N) is 1. The third kappa shape index (κ3) is 2.08. The highest BCUT2D eigenvalue weighted by Crippen LogP contribution is 2.23. The van der Waals surface area contributed by atoms with Gasteiger partial charge in [-0.2, -0.15) is 0 Å². The zero-order chi connectivity index (χ0) is 9.14. The van der Waals surface area contributed by atoms with Gasteiger partial charge in [0.15, 0.2) is 0 Å². The summed E-state index contributed by atoms with van der Waals surface area (Å²) < 4.78 is 0. The summed E-state index contributed by atoms with van der Waals surface area (Å²) in [6.07, 6.45) is 1.16. The van der Waals surface area contributed by atoms with Crippen molar-refractivity contribution in [3.8, 4) is 0 Å². The van der Waals surface area contributed by atoms with E-state index in [0.29, 0.717) is 12.0 Å². The number of hydrogen-bond acceptors (Lipinski definition) is 2. The van der Waals surface area contributed by atoms with Crippen molar-refractivity contribution in [2.75, 3.05) is 19.7 Å². The fourth-order valence-electron chi connectivity index (χ4n) is 1.72. The lowest BCUT2D eigenvalue weighted by Crippen LogP contribution is -2.28. The maximum absolute atomic E-state index is 8.90. The van der Waals surface area contributed by atoms with Gasteiger partial charge in [0.25, 0.3) is 0 Å². The van der Waals surface area contributed by atoms with Gasteiger partial charge in [-0.1, -0.05) is 6.58 Å². The molecule has 70 valence electrons. The van der Waals surface area contributed by atoms with Crippen molar-refractivity contribution in [1.29, 1.82) is 0 Å². The molecule has 1 rings (SSSR count). The summed E-state index contributed by atoms with van der Waals surface area (Å²) in [7, 11) is 0. The predicted octanol–water partition coefficient (Wildman–Crippen LogP) is 1.27. The average molecular weight is 169 g/mol. The van der Waals surface area contributed by atoms with Crippen molar-refractivity contribution in [3.63, 3.8) is 0 Å². The van der Waals surface area contributed by atoms with Crippen LogP contribution in [0.15, 0.2) is 12.2 Å². The van der Waals surface area contributed by atoms with E-state index in [1.807, 2.05) is 0 Å². The highest BCUT2D eigenvalue weighted by Gasteiger charge is 2.25. The first-order chi connectivity index (χ1) is 5.65. The van der Waals surface area contributed by atoms with Crippen molar-refractivity contribution in [2.24, 2.45) is 5.92 Å². The molecule has 1 unspecified atom stereocenters. The van der Waals surface area contributed by atoms with Gasteiger partial charge in [-0.05, 0) is 38.3 Å². The van der Waals surface area contributed by atoms with Gasteiger partial charge in [0.1, 0.15) is 0 Å². The molecule has 0 saturated carbocycles. The van der Waals surface area contributed by atoms with Gasteiger partial charge in [0.2, 0.25) is 0 Å². The number of rotatable bonds is 3. The Morgan fingerprint density at radius 2 is 2.33 bits per heavy atom. The molecule has 0 aromatic heterocycles. The van der Waals surface area contributed by atoms with Crippen LogP contribution in [0.5, 0.6) is 0 Å². The lowest BCUT2D eigenvalue weighted by molar-refractivity contribution is 0.263. The first-order valence-electron chi connectivity index (χ1n) is 4.67. The largest absolute Gasteiger partial charge is 0.392 e.